The van der Waals surface area contributed by atoms with Crippen LogP contribution in [0.5, 0.6) is 0 Å². The molecule has 0 aliphatic carbocycles. The van der Waals surface area contributed by atoms with Crippen LogP contribution >= 0.6 is 11.6 Å². The monoisotopic (exact) mass is 238 g/mol. The predicted molar refractivity (Wildman–Crippen MR) is 66.6 cm³/mol. The maximum absolute atomic E-state index is 8.93. The average Bonchev–Trinajstić information content (AvgIpc) is 2.55. The lowest BCUT2D eigenvalue weighted by molar-refractivity contribution is 0.277. The molecular weight excluding hydrogens is 224 g/mol. The summed E-state index contributed by atoms with van der Waals surface area (Å²) in [6, 6.07) is 5.77. The molecule has 1 unspecified atom stereocenters. The van der Waals surface area contributed by atoms with Crippen LogP contribution in [0.25, 0.3) is 10.9 Å². The van der Waals surface area contributed by atoms with Crippen molar-refractivity contribution in [2.75, 3.05) is 6.61 Å². The molecule has 86 valence electrons. The second-order valence-corrected chi connectivity index (χ2v) is 4.36. The lowest BCUT2D eigenvalue weighted by Crippen LogP contribution is -2.12. The molecule has 16 heavy (non-hydrogen) atoms. The molecule has 0 saturated heterocycles. The van der Waals surface area contributed by atoms with Gasteiger partial charge in [0.15, 0.2) is 0 Å². The molecular formula is C12H15ClN2O. The summed E-state index contributed by atoms with van der Waals surface area (Å²) in [5.74, 6) is 0. The smallest absolute Gasteiger partial charge is 0.0664 e. The van der Waals surface area contributed by atoms with Gasteiger partial charge in [0, 0.05) is 36.8 Å². The van der Waals surface area contributed by atoms with Gasteiger partial charge in [-0.15, -0.1) is 0 Å². The number of aryl methyl sites for hydroxylation is 1. The molecule has 3 N–H and O–H groups in total. The molecule has 0 aliphatic heterocycles. The average molecular weight is 239 g/mol. The van der Waals surface area contributed by atoms with E-state index >= 15 is 0 Å². The highest BCUT2D eigenvalue weighted by Gasteiger charge is 2.14. The van der Waals surface area contributed by atoms with E-state index in [9.17, 15) is 0 Å². The van der Waals surface area contributed by atoms with Crippen LogP contribution in [-0.2, 0) is 7.05 Å². The van der Waals surface area contributed by atoms with Crippen LogP contribution in [0.1, 0.15) is 18.0 Å². The summed E-state index contributed by atoms with van der Waals surface area (Å²) in [5.41, 5.74) is 8.08. The summed E-state index contributed by atoms with van der Waals surface area (Å²) < 4.78 is 1.98. The first kappa shape index (κ1) is 11.5. The van der Waals surface area contributed by atoms with Gasteiger partial charge >= 0.3 is 0 Å². The van der Waals surface area contributed by atoms with E-state index in [1.807, 2.05) is 36.0 Å². The van der Waals surface area contributed by atoms with Gasteiger partial charge in [-0.3, -0.25) is 0 Å². The number of hydrogen-bond donors (Lipinski definition) is 2. The third kappa shape index (κ3) is 1.82. The van der Waals surface area contributed by atoms with Gasteiger partial charge in [0.2, 0.25) is 0 Å². The van der Waals surface area contributed by atoms with E-state index in [0.29, 0.717) is 11.4 Å². The Bertz CT molecular complexity index is 507. The first-order valence-corrected chi connectivity index (χ1v) is 5.63. The van der Waals surface area contributed by atoms with Crippen molar-refractivity contribution in [3.63, 3.8) is 0 Å². The van der Waals surface area contributed by atoms with Gasteiger partial charge in [0.25, 0.3) is 0 Å². The van der Waals surface area contributed by atoms with Crippen molar-refractivity contribution in [1.82, 2.24) is 4.57 Å². The number of aromatic nitrogens is 1. The van der Waals surface area contributed by atoms with Gasteiger partial charge in [-0.1, -0.05) is 23.7 Å². The number of nitrogens with two attached hydrogens (primary N) is 1. The van der Waals surface area contributed by atoms with Crippen molar-refractivity contribution in [3.05, 3.63) is 35.0 Å². The number of aliphatic hydroxyl groups is 1. The molecule has 1 atom stereocenters. The van der Waals surface area contributed by atoms with Gasteiger partial charge in [0.05, 0.1) is 5.02 Å². The molecule has 0 amide bonds. The zero-order valence-corrected chi connectivity index (χ0v) is 9.91. The maximum atomic E-state index is 8.93. The molecule has 0 fully saturated rings. The number of aliphatic hydroxyl groups excluding tert-OH is 1. The Kier molecular flexibility index (Phi) is 3.19. The molecule has 1 aromatic carbocycles. The van der Waals surface area contributed by atoms with Gasteiger partial charge < -0.3 is 15.4 Å². The standard InChI is InChI=1S/C12H15ClN2O/c1-15-7-9(13)12-8(10(14)5-6-16)3-2-4-11(12)15/h2-4,7,10,16H,5-6,14H2,1H3. The minimum atomic E-state index is -0.173. The van der Waals surface area contributed by atoms with Crippen molar-refractivity contribution >= 4 is 22.5 Å². The first-order chi connectivity index (χ1) is 7.65. The number of hydrogen-bond acceptors (Lipinski definition) is 2. The van der Waals surface area contributed by atoms with Crippen LogP contribution in [0.15, 0.2) is 24.4 Å². The highest BCUT2D eigenvalue weighted by molar-refractivity contribution is 6.36. The zero-order chi connectivity index (χ0) is 11.7. The Morgan fingerprint density at radius 1 is 1.50 bits per heavy atom. The Morgan fingerprint density at radius 2 is 2.25 bits per heavy atom. The highest BCUT2D eigenvalue weighted by atomic mass is 35.5. The van der Waals surface area contributed by atoms with Crippen molar-refractivity contribution in [2.45, 2.75) is 12.5 Å². The van der Waals surface area contributed by atoms with Crippen LogP contribution in [0.3, 0.4) is 0 Å². The molecule has 2 rings (SSSR count). The van der Waals surface area contributed by atoms with Crippen LogP contribution in [0.4, 0.5) is 0 Å². The predicted octanol–water partition coefficient (Wildman–Crippen LogP) is 2.21. The Labute approximate surface area is 99.4 Å². The second-order valence-electron chi connectivity index (χ2n) is 3.95. The Hall–Kier alpha value is -1.03. The zero-order valence-electron chi connectivity index (χ0n) is 9.15. The minimum Gasteiger partial charge on any atom is -0.396 e. The normalized spacial score (nSPS) is 13.2. The summed E-state index contributed by atoms with van der Waals surface area (Å²) in [6.07, 6.45) is 2.42. The fourth-order valence-electron chi connectivity index (χ4n) is 2.02. The van der Waals surface area contributed by atoms with Crippen molar-refractivity contribution in [1.29, 1.82) is 0 Å². The van der Waals surface area contributed by atoms with Gasteiger partial charge in [0.1, 0.15) is 0 Å². The molecule has 0 spiro atoms. The number of halogens is 1. The summed E-state index contributed by atoms with van der Waals surface area (Å²) in [6.45, 7) is 0.0853. The van der Waals surface area contributed by atoms with Crippen LogP contribution in [0.2, 0.25) is 5.02 Å². The second kappa shape index (κ2) is 4.45. The van der Waals surface area contributed by atoms with Gasteiger partial charge in [-0.25, -0.2) is 0 Å². The van der Waals surface area contributed by atoms with E-state index in [-0.39, 0.29) is 12.6 Å². The van der Waals surface area contributed by atoms with Gasteiger partial charge in [-0.2, -0.15) is 0 Å². The number of rotatable bonds is 3. The molecule has 0 aliphatic rings. The topological polar surface area (TPSA) is 51.2 Å². The lowest BCUT2D eigenvalue weighted by Gasteiger charge is -2.12. The Balaban J connectivity index is 2.61. The molecule has 3 nitrogen and oxygen atoms in total. The van der Waals surface area contributed by atoms with E-state index in [1.165, 1.54) is 0 Å². The van der Waals surface area contributed by atoms with E-state index in [2.05, 4.69) is 0 Å². The van der Waals surface area contributed by atoms with Crippen molar-refractivity contribution < 1.29 is 5.11 Å². The Morgan fingerprint density at radius 3 is 2.94 bits per heavy atom. The summed E-state index contributed by atoms with van der Waals surface area (Å²) in [4.78, 5) is 0. The third-order valence-electron chi connectivity index (χ3n) is 2.84. The van der Waals surface area contributed by atoms with E-state index < -0.39 is 0 Å². The minimum absolute atomic E-state index is 0.0853. The number of nitrogens with zero attached hydrogens (tertiary/aromatic N) is 1. The summed E-state index contributed by atoms with van der Waals surface area (Å²) in [5, 5.41) is 10.6. The van der Waals surface area contributed by atoms with Gasteiger partial charge in [-0.05, 0) is 18.1 Å². The molecule has 2 aromatic rings. The van der Waals surface area contributed by atoms with E-state index in [4.69, 9.17) is 22.4 Å². The quantitative estimate of drug-likeness (QED) is 0.862. The van der Waals surface area contributed by atoms with Crippen LogP contribution < -0.4 is 5.73 Å². The molecule has 1 heterocycles. The van der Waals surface area contributed by atoms with Crippen LogP contribution in [-0.4, -0.2) is 16.3 Å². The molecule has 0 saturated carbocycles. The van der Waals surface area contributed by atoms with E-state index in [1.54, 1.807) is 0 Å². The fraction of sp³-hybridized carbons (Fsp3) is 0.333. The first-order valence-electron chi connectivity index (χ1n) is 5.25. The highest BCUT2D eigenvalue weighted by Crippen LogP contribution is 2.31. The molecule has 4 heteroatoms. The third-order valence-corrected chi connectivity index (χ3v) is 3.13. The number of fused-ring (bicyclic) bond motifs is 1. The molecule has 1 aromatic heterocycles. The molecule has 0 radical (unpaired) electrons. The number of benzene rings is 1. The molecule has 0 bridgehead atoms. The SMILES string of the molecule is Cn1cc(Cl)c2c(C(N)CCO)cccc21. The maximum Gasteiger partial charge on any atom is 0.0664 e. The summed E-state index contributed by atoms with van der Waals surface area (Å²) in [7, 11) is 1.95. The fourth-order valence-corrected chi connectivity index (χ4v) is 2.37. The summed E-state index contributed by atoms with van der Waals surface area (Å²) >= 11 is 6.19. The lowest BCUT2D eigenvalue weighted by atomic mass is 10.0. The van der Waals surface area contributed by atoms with Crippen molar-refractivity contribution in [2.24, 2.45) is 12.8 Å². The van der Waals surface area contributed by atoms with Crippen molar-refractivity contribution in [3.8, 4) is 0 Å². The van der Waals surface area contributed by atoms with E-state index in [0.717, 1.165) is 16.5 Å². The largest absolute Gasteiger partial charge is 0.396 e. The van der Waals surface area contributed by atoms with Crippen LogP contribution in [0, 0.1) is 0 Å².